The highest BCUT2D eigenvalue weighted by molar-refractivity contribution is 14.1. The van der Waals surface area contributed by atoms with Crippen LogP contribution >= 0.6 is 34.2 Å². The quantitative estimate of drug-likeness (QED) is 0.0591. The molecule has 3 aromatic heterocycles. The Morgan fingerprint density at radius 2 is 1.75 bits per heavy atom. The Morgan fingerprint density at radius 3 is 2.37 bits per heavy atom. The summed E-state index contributed by atoms with van der Waals surface area (Å²) in [7, 11) is -5.03. The maximum atomic E-state index is 15.5. The lowest BCUT2D eigenvalue weighted by Crippen LogP contribution is -2.35. The van der Waals surface area contributed by atoms with Crippen molar-refractivity contribution in [2.75, 3.05) is 11.0 Å². The number of anilines is 1. The number of rotatable bonds is 11. The average molecular weight is 1050 g/mol. The molecule has 2 fully saturated rings. The van der Waals surface area contributed by atoms with Gasteiger partial charge in [0.2, 0.25) is 5.91 Å². The van der Waals surface area contributed by atoms with Gasteiger partial charge in [-0.15, -0.1) is 0 Å². The minimum Gasteiger partial charge on any atom is -0.346 e. The minimum atomic E-state index is -5.10. The number of alkyl halides is 5. The lowest BCUT2D eigenvalue weighted by Gasteiger charge is -2.24. The van der Waals surface area contributed by atoms with Gasteiger partial charge < -0.3 is 5.32 Å². The summed E-state index contributed by atoms with van der Waals surface area (Å²) >= 11 is 8.64. The van der Waals surface area contributed by atoms with Gasteiger partial charge in [-0.25, -0.2) is 26.4 Å². The van der Waals surface area contributed by atoms with Crippen LogP contribution in [0, 0.1) is 33.0 Å². The van der Waals surface area contributed by atoms with Gasteiger partial charge in [0.1, 0.15) is 34.3 Å². The van der Waals surface area contributed by atoms with Crippen LogP contribution in [0.3, 0.4) is 0 Å². The second-order valence-electron chi connectivity index (χ2n) is 16.6. The summed E-state index contributed by atoms with van der Waals surface area (Å²) in [6, 6.07) is 5.89. The van der Waals surface area contributed by atoms with Crippen LogP contribution in [0.25, 0.3) is 22.0 Å². The number of amides is 1. The summed E-state index contributed by atoms with van der Waals surface area (Å²) in [6.45, 7) is 1.81. The number of fused-ring (bicyclic) bond motifs is 4. The van der Waals surface area contributed by atoms with Crippen molar-refractivity contribution in [3.8, 4) is 23.0 Å². The van der Waals surface area contributed by atoms with Gasteiger partial charge in [0, 0.05) is 55.3 Å². The van der Waals surface area contributed by atoms with Crippen LogP contribution < -0.4 is 10.0 Å². The Kier molecular flexibility index (Phi) is 11.0. The molecule has 0 spiro atoms. The first-order valence-electron chi connectivity index (χ1n) is 19.2. The molecule has 2 aromatic carbocycles. The Morgan fingerprint density at radius 1 is 1.08 bits per heavy atom. The Labute approximate surface area is 375 Å². The van der Waals surface area contributed by atoms with Crippen molar-refractivity contribution in [2.45, 2.75) is 80.1 Å². The van der Waals surface area contributed by atoms with Crippen LogP contribution in [-0.2, 0) is 56.5 Å². The molecule has 1 unspecified atom stereocenters. The lowest BCUT2D eigenvalue weighted by atomic mass is 9.93. The molecule has 0 saturated heterocycles. The van der Waals surface area contributed by atoms with Crippen molar-refractivity contribution in [1.82, 2.24) is 29.9 Å². The molecule has 1 amide bonds. The van der Waals surface area contributed by atoms with Crippen LogP contribution in [0.15, 0.2) is 36.4 Å². The van der Waals surface area contributed by atoms with Gasteiger partial charge in [-0.05, 0) is 110 Å². The zero-order valence-electron chi connectivity index (χ0n) is 33.6. The first kappa shape index (κ1) is 45.2. The highest BCUT2D eigenvalue weighted by Crippen LogP contribution is 2.68. The SMILES string of the molecule is C=S(C)(=O)Nc1nn(C)c2c(-c3cc(I)c(C#CC(C)(C)S(=O)(=O)C4CC4)nc3[C@H](Cc3cc(F)cc(F)c3)NC(=O)Cn3nc(C(F)(F)F)c4c3C(F)(F)[C@@H]3C[C@H]43)ccc(Cl)c12. The average Bonchev–Trinajstić information content (AvgIpc) is 4.07. The standard InChI is InChI=1S/C41H36ClF7IN7O4S2/c1-39(2,63(60,61)22-6-7-22)11-10-29-28(50)17-24(23-8-9-27(42)33-35(23)56(3)54-38(33)55-62(4,5)59)34(52-29)30(14-19-12-20(43)15-21(44)13-19)51-31(58)18-57-37-32(36(53-57)41(47,48)49)25-16-26(25)40(37,45)46/h8-9,12-13,15,17,22,25-26,30H,4,6-7,14,16,18H2,1-3,5H3,(H,51,58)(H,54,55,59)/t25-,26+,30-,62?/m0/s1. The molecule has 0 radical (unpaired) electrons. The van der Waals surface area contributed by atoms with E-state index >= 15 is 8.78 Å². The Bertz CT molecular complexity index is 3050. The van der Waals surface area contributed by atoms with Crippen LogP contribution in [0.4, 0.5) is 36.6 Å². The number of sulfone groups is 1. The van der Waals surface area contributed by atoms with Gasteiger partial charge in [0.05, 0.1) is 32.9 Å². The van der Waals surface area contributed by atoms with Gasteiger partial charge in [-0.2, -0.15) is 32.1 Å². The molecule has 8 rings (SSSR count). The third kappa shape index (κ3) is 8.40. The molecule has 22 heteroatoms. The van der Waals surface area contributed by atoms with Crippen molar-refractivity contribution in [1.29, 1.82) is 0 Å². The van der Waals surface area contributed by atoms with E-state index in [0.29, 0.717) is 43.6 Å². The van der Waals surface area contributed by atoms with Crippen LogP contribution in [0.1, 0.15) is 79.0 Å². The van der Waals surface area contributed by atoms with Crippen LogP contribution in [0.5, 0.6) is 0 Å². The van der Waals surface area contributed by atoms with Gasteiger partial charge >= 0.3 is 6.18 Å². The van der Waals surface area contributed by atoms with Crippen molar-refractivity contribution in [3.63, 3.8) is 0 Å². The molecule has 5 aromatic rings. The van der Waals surface area contributed by atoms with E-state index in [9.17, 15) is 39.4 Å². The van der Waals surface area contributed by atoms with Crippen molar-refractivity contribution in [2.24, 2.45) is 13.0 Å². The van der Waals surface area contributed by atoms with E-state index in [1.807, 2.05) is 22.6 Å². The molecule has 63 heavy (non-hydrogen) atoms. The van der Waals surface area contributed by atoms with E-state index in [0.717, 1.165) is 12.1 Å². The first-order chi connectivity index (χ1) is 29.2. The molecule has 334 valence electrons. The number of benzene rings is 2. The van der Waals surface area contributed by atoms with Crippen molar-refractivity contribution in [3.05, 3.63) is 90.5 Å². The number of hydrogen-bond acceptors (Lipinski definition) is 7. The molecular formula is C41H36ClF7IN7O4S2. The Balaban J connectivity index is 1.31. The van der Waals surface area contributed by atoms with Gasteiger partial charge in [-0.1, -0.05) is 23.6 Å². The third-order valence-electron chi connectivity index (χ3n) is 11.2. The normalized spacial score (nSPS) is 19.4. The van der Waals surface area contributed by atoms with E-state index in [-0.39, 0.29) is 39.8 Å². The maximum Gasteiger partial charge on any atom is 0.435 e. The minimum absolute atomic E-state index is 0.0132. The molecule has 0 bridgehead atoms. The number of nitrogens with zero attached hydrogens (tertiary/aromatic N) is 5. The fraction of sp³-hybridized carbons (Fsp3) is 0.390. The topological polar surface area (TPSA) is 141 Å². The summed E-state index contributed by atoms with van der Waals surface area (Å²) < 4.78 is 146. The molecule has 11 nitrogen and oxygen atoms in total. The zero-order valence-corrected chi connectivity index (χ0v) is 38.1. The molecule has 0 aliphatic heterocycles. The van der Waals surface area contributed by atoms with E-state index in [1.165, 1.54) is 30.9 Å². The maximum absolute atomic E-state index is 15.5. The molecule has 3 aliphatic carbocycles. The number of aromatic nitrogens is 5. The van der Waals surface area contributed by atoms with Crippen molar-refractivity contribution < 1.29 is 48.2 Å². The second-order valence-corrected chi connectivity index (χ2v) is 23.2. The second kappa shape index (κ2) is 15.4. The molecule has 3 aliphatic rings. The van der Waals surface area contributed by atoms with Gasteiger partial charge in [-0.3, -0.25) is 18.9 Å². The largest absolute Gasteiger partial charge is 0.435 e. The summed E-state index contributed by atoms with van der Waals surface area (Å²) in [5.74, 6) is 0.234. The first-order valence-corrected chi connectivity index (χ1v) is 24.3. The number of carbonyl (C=O) groups excluding carboxylic acids is 1. The van der Waals surface area contributed by atoms with Crippen molar-refractivity contribution >= 4 is 82.2 Å². The van der Waals surface area contributed by atoms with E-state index in [2.05, 4.69) is 37.9 Å². The van der Waals surface area contributed by atoms with Gasteiger partial charge in [0.25, 0.3) is 5.92 Å². The number of nitrogens with one attached hydrogen (secondary N) is 2. The van der Waals surface area contributed by atoms with E-state index in [1.54, 1.807) is 19.2 Å². The summed E-state index contributed by atoms with van der Waals surface area (Å²) in [4.78, 5) is 19.0. The van der Waals surface area contributed by atoms with E-state index < -0.39 is 107 Å². The summed E-state index contributed by atoms with van der Waals surface area (Å²) in [6.07, 6.45) is -3.35. The fourth-order valence-electron chi connectivity index (χ4n) is 8.17. The van der Waals surface area contributed by atoms with E-state index in [4.69, 9.17) is 16.6 Å². The monoisotopic (exact) mass is 1050 g/mol. The molecule has 2 N–H and O–H groups in total. The smallest absolute Gasteiger partial charge is 0.346 e. The number of hydrogen-bond donors (Lipinski definition) is 2. The fourth-order valence-corrected chi connectivity index (χ4v) is 11.3. The van der Waals surface area contributed by atoms with Crippen LogP contribution in [0.2, 0.25) is 5.02 Å². The number of carbonyl (C=O) groups is 1. The lowest BCUT2D eigenvalue weighted by molar-refractivity contribution is -0.142. The number of pyridine rings is 1. The number of halogens is 9. The zero-order chi connectivity index (χ0) is 45.9. The van der Waals surface area contributed by atoms with Crippen LogP contribution in [-0.4, -0.2) is 65.2 Å². The molecular weight excluding hydrogens is 1010 g/mol. The summed E-state index contributed by atoms with van der Waals surface area (Å²) in [5.41, 5.74) is -2.25. The predicted molar refractivity (Wildman–Crippen MR) is 232 cm³/mol. The number of aryl methyl sites for hydroxylation is 1. The molecule has 4 atom stereocenters. The summed E-state index contributed by atoms with van der Waals surface area (Å²) in [5, 5.41) is 10.5. The molecule has 3 heterocycles. The molecule has 2 saturated carbocycles. The van der Waals surface area contributed by atoms with Gasteiger partial charge in [0.15, 0.2) is 21.3 Å². The third-order valence-corrected chi connectivity index (χ3v) is 15.9. The highest BCUT2D eigenvalue weighted by Gasteiger charge is 2.68. The predicted octanol–water partition coefficient (Wildman–Crippen LogP) is 8.08. The Hall–Kier alpha value is -4.40. The highest BCUT2D eigenvalue weighted by atomic mass is 127.